The van der Waals surface area contributed by atoms with E-state index in [-0.39, 0.29) is 5.92 Å². The van der Waals surface area contributed by atoms with Crippen molar-refractivity contribution in [1.82, 2.24) is 20.1 Å². The van der Waals surface area contributed by atoms with Crippen LogP contribution in [-0.2, 0) is 17.5 Å². The van der Waals surface area contributed by atoms with Gasteiger partial charge in [-0.3, -0.25) is 4.90 Å². The first-order valence-electron chi connectivity index (χ1n) is 8.89. The van der Waals surface area contributed by atoms with Crippen molar-refractivity contribution in [2.75, 3.05) is 44.3 Å². The third-order valence-electron chi connectivity index (χ3n) is 4.89. The molecule has 146 valence electrons. The zero-order valence-electron chi connectivity index (χ0n) is 14.7. The van der Waals surface area contributed by atoms with Gasteiger partial charge in [0.25, 0.3) is 0 Å². The summed E-state index contributed by atoms with van der Waals surface area (Å²) in [6, 6.07) is 2.49. The second kappa shape index (κ2) is 7.43. The molecule has 0 radical (unpaired) electrons. The van der Waals surface area contributed by atoms with Crippen LogP contribution in [0.1, 0.15) is 29.7 Å². The lowest BCUT2D eigenvalue weighted by Gasteiger charge is -2.34. The van der Waals surface area contributed by atoms with E-state index in [4.69, 9.17) is 9.15 Å². The van der Waals surface area contributed by atoms with Gasteiger partial charge in [-0.1, -0.05) is 0 Å². The Balaban J connectivity index is 1.30. The number of hydrogen-bond acceptors (Lipinski definition) is 7. The molecule has 0 amide bonds. The zero-order valence-corrected chi connectivity index (χ0v) is 14.7. The normalized spacial score (nSPS) is 21.7. The molecule has 0 bridgehead atoms. The zero-order chi connectivity index (χ0) is 18.9. The fourth-order valence-electron chi connectivity index (χ4n) is 3.29. The minimum absolute atomic E-state index is 0.189. The third-order valence-corrected chi connectivity index (χ3v) is 4.89. The SMILES string of the molecule is FC(F)(F)c1ccc(N2CCN(Cc3nnc(C4CCOC4)o3)CC2)nc1. The van der Waals surface area contributed by atoms with Crippen molar-refractivity contribution in [3.8, 4) is 0 Å². The summed E-state index contributed by atoms with van der Waals surface area (Å²) in [4.78, 5) is 8.12. The highest BCUT2D eigenvalue weighted by molar-refractivity contribution is 5.40. The van der Waals surface area contributed by atoms with E-state index in [2.05, 4.69) is 20.1 Å². The lowest BCUT2D eigenvalue weighted by Crippen LogP contribution is -2.46. The molecule has 2 aliphatic heterocycles. The monoisotopic (exact) mass is 383 g/mol. The topological polar surface area (TPSA) is 67.5 Å². The van der Waals surface area contributed by atoms with Crippen molar-refractivity contribution in [2.45, 2.75) is 25.1 Å². The molecule has 27 heavy (non-hydrogen) atoms. The number of halogens is 3. The van der Waals surface area contributed by atoms with E-state index in [9.17, 15) is 13.2 Å². The first-order chi connectivity index (χ1) is 13.0. The fraction of sp³-hybridized carbons (Fsp3) is 0.588. The van der Waals surface area contributed by atoms with Gasteiger partial charge in [0.1, 0.15) is 5.82 Å². The number of piperazine rings is 1. The second-order valence-electron chi connectivity index (χ2n) is 6.76. The second-order valence-corrected chi connectivity index (χ2v) is 6.76. The van der Waals surface area contributed by atoms with Crippen molar-refractivity contribution >= 4 is 5.82 Å². The summed E-state index contributed by atoms with van der Waals surface area (Å²) in [7, 11) is 0. The molecule has 1 atom stereocenters. The molecule has 0 saturated carbocycles. The Kier molecular flexibility index (Phi) is 5.00. The number of aromatic nitrogens is 3. The fourth-order valence-corrected chi connectivity index (χ4v) is 3.29. The van der Waals surface area contributed by atoms with Gasteiger partial charge in [0.15, 0.2) is 0 Å². The smallest absolute Gasteiger partial charge is 0.417 e. The van der Waals surface area contributed by atoms with E-state index in [1.54, 1.807) is 0 Å². The van der Waals surface area contributed by atoms with Crippen LogP contribution in [-0.4, -0.2) is 59.5 Å². The quantitative estimate of drug-likeness (QED) is 0.803. The summed E-state index contributed by atoms with van der Waals surface area (Å²) in [5, 5.41) is 8.24. The minimum atomic E-state index is -4.36. The summed E-state index contributed by atoms with van der Waals surface area (Å²) in [5.74, 6) is 1.96. The molecule has 2 aromatic heterocycles. The highest BCUT2D eigenvalue weighted by Gasteiger charge is 2.31. The van der Waals surface area contributed by atoms with Crippen LogP contribution in [0.2, 0.25) is 0 Å². The standard InChI is InChI=1S/C17H20F3N5O2/c18-17(19,20)13-1-2-14(21-9-13)25-6-4-24(5-7-25)10-15-22-23-16(27-15)12-3-8-26-11-12/h1-2,9,12H,3-8,10-11H2. The molecule has 4 rings (SSSR count). The van der Waals surface area contributed by atoms with Gasteiger partial charge < -0.3 is 14.1 Å². The highest BCUT2D eigenvalue weighted by Crippen LogP contribution is 2.29. The molecule has 0 spiro atoms. The Morgan fingerprint density at radius 1 is 1.11 bits per heavy atom. The molecule has 0 N–H and O–H groups in total. The van der Waals surface area contributed by atoms with Crippen LogP contribution >= 0.6 is 0 Å². The van der Waals surface area contributed by atoms with Crippen LogP contribution in [0.5, 0.6) is 0 Å². The number of alkyl halides is 3. The third kappa shape index (κ3) is 4.22. The predicted octanol–water partition coefficient (Wildman–Crippen LogP) is 2.31. The van der Waals surface area contributed by atoms with Gasteiger partial charge in [0.2, 0.25) is 11.8 Å². The van der Waals surface area contributed by atoms with E-state index in [1.165, 1.54) is 6.07 Å². The average molecular weight is 383 g/mol. The van der Waals surface area contributed by atoms with Gasteiger partial charge in [-0.15, -0.1) is 10.2 Å². The maximum Gasteiger partial charge on any atom is 0.417 e. The lowest BCUT2D eigenvalue weighted by molar-refractivity contribution is -0.137. The van der Waals surface area contributed by atoms with Gasteiger partial charge in [0, 0.05) is 39.0 Å². The largest absolute Gasteiger partial charge is 0.423 e. The molecule has 2 aliphatic rings. The Bertz CT molecular complexity index is 751. The summed E-state index contributed by atoms with van der Waals surface area (Å²) in [6.45, 7) is 4.75. The van der Waals surface area contributed by atoms with Gasteiger partial charge in [-0.25, -0.2) is 4.98 Å². The van der Waals surface area contributed by atoms with E-state index >= 15 is 0 Å². The predicted molar refractivity (Wildman–Crippen MR) is 89.2 cm³/mol. The number of ether oxygens (including phenoxy) is 1. The Hall–Kier alpha value is -2.20. The molecule has 2 fully saturated rings. The molecule has 1 unspecified atom stereocenters. The molecular weight excluding hydrogens is 363 g/mol. The van der Waals surface area contributed by atoms with Crippen molar-refractivity contribution in [1.29, 1.82) is 0 Å². The molecule has 2 saturated heterocycles. The Morgan fingerprint density at radius 3 is 2.56 bits per heavy atom. The lowest BCUT2D eigenvalue weighted by atomic mass is 10.1. The molecule has 0 aliphatic carbocycles. The van der Waals surface area contributed by atoms with E-state index < -0.39 is 11.7 Å². The van der Waals surface area contributed by atoms with Crippen molar-refractivity contribution < 1.29 is 22.3 Å². The van der Waals surface area contributed by atoms with Gasteiger partial charge in [0.05, 0.1) is 24.6 Å². The number of rotatable bonds is 4. The summed E-state index contributed by atoms with van der Waals surface area (Å²) < 4.78 is 49.0. The van der Waals surface area contributed by atoms with Crippen LogP contribution in [0.4, 0.5) is 19.0 Å². The molecule has 7 nitrogen and oxygen atoms in total. The molecule has 0 aromatic carbocycles. The van der Waals surface area contributed by atoms with Gasteiger partial charge >= 0.3 is 6.18 Å². The molecule has 4 heterocycles. The van der Waals surface area contributed by atoms with Crippen LogP contribution in [0.15, 0.2) is 22.7 Å². The van der Waals surface area contributed by atoms with Crippen molar-refractivity contribution in [3.63, 3.8) is 0 Å². The maximum absolute atomic E-state index is 12.6. The number of nitrogens with zero attached hydrogens (tertiary/aromatic N) is 5. The van der Waals surface area contributed by atoms with Crippen LogP contribution in [0.25, 0.3) is 0 Å². The summed E-state index contributed by atoms with van der Waals surface area (Å²) in [5.41, 5.74) is -0.732. The molecule has 2 aromatic rings. The summed E-state index contributed by atoms with van der Waals surface area (Å²) in [6.07, 6.45) is -2.58. The number of hydrogen-bond donors (Lipinski definition) is 0. The van der Waals surface area contributed by atoms with Crippen LogP contribution < -0.4 is 4.90 Å². The minimum Gasteiger partial charge on any atom is -0.423 e. The average Bonchev–Trinajstić information content (AvgIpc) is 3.33. The highest BCUT2D eigenvalue weighted by atomic mass is 19.4. The maximum atomic E-state index is 12.6. The number of pyridine rings is 1. The summed E-state index contributed by atoms with van der Waals surface area (Å²) >= 11 is 0. The van der Waals surface area contributed by atoms with Crippen molar-refractivity contribution in [3.05, 3.63) is 35.7 Å². The van der Waals surface area contributed by atoms with E-state index in [1.807, 2.05) is 4.90 Å². The molecular formula is C17H20F3N5O2. The Morgan fingerprint density at radius 2 is 1.93 bits per heavy atom. The van der Waals surface area contributed by atoms with Crippen LogP contribution in [0, 0.1) is 0 Å². The number of anilines is 1. The first-order valence-corrected chi connectivity index (χ1v) is 8.89. The van der Waals surface area contributed by atoms with Crippen LogP contribution in [0.3, 0.4) is 0 Å². The van der Waals surface area contributed by atoms with Crippen molar-refractivity contribution in [2.24, 2.45) is 0 Å². The van der Waals surface area contributed by atoms with Gasteiger partial charge in [-0.05, 0) is 18.6 Å². The Labute approximate surface area is 154 Å². The molecule has 10 heteroatoms. The van der Waals surface area contributed by atoms with E-state index in [0.29, 0.717) is 43.8 Å². The van der Waals surface area contributed by atoms with E-state index in [0.717, 1.165) is 38.4 Å². The first kappa shape index (κ1) is 18.2. The van der Waals surface area contributed by atoms with Gasteiger partial charge in [-0.2, -0.15) is 13.2 Å².